The molecule has 0 fully saturated rings. The molecule has 0 saturated heterocycles. The SMILES string of the molecule is O=C(N/N=C/c1ccc([N+](=O)[O-])cc1)C(=O)Nc1ccccc1. The highest BCUT2D eigenvalue weighted by atomic mass is 16.6. The molecule has 116 valence electrons. The van der Waals surface area contributed by atoms with Crippen molar-refractivity contribution in [1.82, 2.24) is 5.43 Å². The van der Waals surface area contributed by atoms with Gasteiger partial charge in [-0.2, -0.15) is 5.10 Å². The van der Waals surface area contributed by atoms with Gasteiger partial charge in [0.15, 0.2) is 0 Å². The summed E-state index contributed by atoms with van der Waals surface area (Å²) in [7, 11) is 0. The number of rotatable bonds is 4. The van der Waals surface area contributed by atoms with E-state index in [1.54, 1.807) is 30.3 Å². The minimum Gasteiger partial charge on any atom is -0.318 e. The van der Waals surface area contributed by atoms with Crippen LogP contribution in [0.4, 0.5) is 11.4 Å². The lowest BCUT2D eigenvalue weighted by atomic mass is 10.2. The van der Waals surface area contributed by atoms with Crippen LogP contribution in [0.15, 0.2) is 59.7 Å². The number of carbonyl (C=O) groups is 2. The third kappa shape index (κ3) is 4.74. The molecular formula is C15H12N4O4. The zero-order valence-electron chi connectivity index (χ0n) is 11.8. The van der Waals surface area contributed by atoms with Crippen LogP contribution in [0.3, 0.4) is 0 Å². The highest BCUT2D eigenvalue weighted by Gasteiger charge is 2.12. The summed E-state index contributed by atoms with van der Waals surface area (Å²) in [6.45, 7) is 0. The molecule has 0 bridgehead atoms. The Morgan fingerprint density at radius 2 is 1.65 bits per heavy atom. The summed E-state index contributed by atoms with van der Waals surface area (Å²) in [4.78, 5) is 33.2. The van der Waals surface area contributed by atoms with Crippen molar-refractivity contribution in [1.29, 1.82) is 0 Å². The van der Waals surface area contributed by atoms with Crippen molar-refractivity contribution < 1.29 is 14.5 Å². The standard InChI is InChI=1S/C15H12N4O4/c20-14(17-12-4-2-1-3-5-12)15(21)18-16-10-11-6-8-13(9-7-11)19(22)23/h1-10H,(H,17,20)(H,18,21)/b16-10+. The van der Waals surface area contributed by atoms with Crippen LogP contribution in [-0.2, 0) is 9.59 Å². The highest BCUT2D eigenvalue weighted by molar-refractivity contribution is 6.39. The molecule has 2 rings (SSSR count). The van der Waals surface area contributed by atoms with E-state index >= 15 is 0 Å². The predicted molar refractivity (Wildman–Crippen MR) is 83.9 cm³/mol. The van der Waals surface area contributed by atoms with Gasteiger partial charge in [0.1, 0.15) is 0 Å². The van der Waals surface area contributed by atoms with E-state index in [1.165, 1.54) is 30.5 Å². The summed E-state index contributed by atoms with van der Waals surface area (Å²) >= 11 is 0. The van der Waals surface area contributed by atoms with Crippen LogP contribution >= 0.6 is 0 Å². The first-order valence-corrected chi connectivity index (χ1v) is 6.50. The lowest BCUT2D eigenvalue weighted by Gasteiger charge is -2.02. The molecular weight excluding hydrogens is 300 g/mol. The van der Waals surface area contributed by atoms with Crippen molar-refractivity contribution in [2.45, 2.75) is 0 Å². The Hall–Kier alpha value is -3.55. The number of carbonyl (C=O) groups excluding carboxylic acids is 2. The second-order valence-electron chi connectivity index (χ2n) is 4.37. The fourth-order valence-corrected chi connectivity index (χ4v) is 1.61. The number of anilines is 1. The lowest BCUT2D eigenvalue weighted by Crippen LogP contribution is -2.32. The summed E-state index contributed by atoms with van der Waals surface area (Å²) < 4.78 is 0. The smallest absolute Gasteiger partial charge is 0.318 e. The fraction of sp³-hybridized carbons (Fsp3) is 0. The van der Waals surface area contributed by atoms with Gasteiger partial charge < -0.3 is 5.32 Å². The highest BCUT2D eigenvalue weighted by Crippen LogP contribution is 2.10. The van der Waals surface area contributed by atoms with Crippen molar-refractivity contribution in [2.24, 2.45) is 5.10 Å². The number of nitrogens with zero attached hydrogens (tertiary/aromatic N) is 2. The maximum absolute atomic E-state index is 11.6. The number of hydrogen-bond acceptors (Lipinski definition) is 5. The molecule has 23 heavy (non-hydrogen) atoms. The minimum absolute atomic E-state index is 0.0478. The van der Waals surface area contributed by atoms with E-state index in [4.69, 9.17) is 0 Å². The molecule has 2 aromatic carbocycles. The van der Waals surface area contributed by atoms with Crippen LogP contribution in [0.25, 0.3) is 0 Å². The minimum atomic E-state index is -0.924. The van der Waals surface area contributed by atoms with E-state index in [0.29, 0.717) is 11.3 Å². The fourth-order valence-electron chi connectivity index (χ4n) is 1.61. The molecule has 8 nitrogen and oxygen atoms in total. The summed E-state index contributed by atoms with van der Waals surface area (Å²) in [5, 5.41) is 16.5. The van der Waals surface area contributed by atoms with Crippen molar-refractivity contribution in [3.63, 3.8) is 0 Å². The number of nitro benzene ring substituents is 1. The summed E-state index contributed by atoms with van der Waals surface area (Å²) in [5.74, 6) is -1.77. The topological polar surface area (TPSA) is 114 Å². The van der Waals surface area contributed by atoms with Crippen LogP contribution in [0.5, 0.6) is 0 Å². The van der Waals surface area contributed by atoms with Gasteiger partial charge in [-0.25, -0.2) is 5.43 Å². The van der Waals surface area contributed by atoms with E-state index in [1.807, 2.05) is 0 Å². The second kappa shape index (κ2) is 7.46. The Balaban J connectivity index is 1.88. The Labute approximate surface area is 131 Å². The molecule has 0 aliphatic carbocycles. The van der Waals surface area contributed by atoms with E-state index in [0.717, 1.165) is 0 Å². The molecule has 8 heteroatoms. The molecule has 0 radical (unpaired) electrons. The van der Waals surface area contributed by atoms with Gasteiger partial charge in [0.05, 0.1) is 11.1 Å². The maximum Gasteiger partial charge on any atom is 0.329 e. The molecule has 0 aromatic heterocycles. The number of benzene rings is 2. The van der Waals surface area contributed by atoms with Gasteiger partial charge in [0, 0.05) is 17.8 Å². The van der Waals surface area contributed by atoms with E-state index < -0.39 is 16.7 Å². The van der Waals surface area contributed by atoms with Crippen molar-refractivity contribution in [2.75, 3.05) is 5.32 Å². The van der Waals surface area contributed by atoms with E-state index in [-0.39, 0.29) is 5.69 Å². The number of amides is 2. The molecule has 0 aliphatic rings. The average Bonchev–Trinajstić information content (AvgIpc) is 2.56. The van der Waals surface area contributed by atoms with Gasteiger partial charge in [-0.05, 0) is 29.8 Å². The maximum atomic E-state index is 11.6. The zero-order valence-corrected chi connectivity index (χ0v) is 11.8. The molecule has 0 saturated carbocycles. The molecule has 0 unspecified atom stereocenters. The zero-order chi connectivity index (χ0) is 16.7. The Kier molecular flexibility index (Phi) is 5.13. The van der Waals surface area contributed by atoms with Gasteiger partial charge in [0.25, 0.3) is 5.69 Å². The molecule has 2 amide bonds. The summed E-state index contributed by atoms with van der Waals surface area (Å²) in [6.07, 6.45) is 1.28. The summed E-state index contributed by atoms with van der Waals surface area (Å²) in [5.41, 5.74) is 3.06. The van der Waals surface area contributed by atoms with E-state index in [9.17, 15) is 19.7 Å². The number of nitro groups is 1. The monoisotopic (exact) mass is 312 g/mol. The second-order valence-corrected chi connectivity index (χ2v) is 4.37. The van der Waals surface area contributed by atoms with Gasteiger partial charge >= 0.3 is 11.8 Å². The number of hydrogen-bond donors (Lipinski definition) is 2. The third-order valence-electron chi connectivity index (χ3n) is 2.72. The van der Waals surface area contributed by atoms with Crippen LogP contribution in [0.1, 0.15) is 5.56 Å². The predicted octanol–water partition coefficient (Wildman–Crippen LogP) is 1.68. The first-order valence-electron chi connectivity index (χ1n) is 6.50. The van der Waals surface area contributed by atoms with Crippen LogP contribution in [0.2, 0.25) is 0 Å². The number of nitrogens with one attached hydrogen (secondary N) is 2. The molecule has 0 atom stereocenters. The first kappa shape index (κ1) is 15.8. The lowest BCUT2D eigenvalue weighted by molar-refractivity contribution is -0.384. The number of non-ortho nitro benzene ring substituents is 1. The molecule has 0 spiro atoms. The first-order chi connectivity index (χ1) is 11.1. The average molecular weight is 312 g/mol. The molecule has 2 N–H and O–H groups in total. The van der Waals surface area contributed by atoms with Gasteiger partial charge in [-0.1, -0.05) is 18.2 Å². The van der Waals surface area contributed by atoms with Gasteiger partial charge in [-0.3, -0.25) is 19.7 Å². The quantitative estimate of drug-likeness (QED) is 0.387. The Bertz CT molecular complexity index is 742. The molecule has 0 aliphatic heterocycles. The molecule has 2 aromatic rings. The third-order valence-corrected chi connectivity index (χ3v) is 2.72. The van der Waals surface area contributed by atoms with Crippen LogP contribution < -0.4 is 10.7 Å². The Morgan fingerprint density at radius 1 is 1.00 bits per heavy atom. The van der Waals surface area contributed by atoms with Crippen molar-refractivity contribution in [3.8, 4) is 0 Å². The van der Waals surface area contributed by atoms with E-state index in [2.05, 4.69) is 15.8 Å². The van der Waals surface area contributed by atoms with Gasteiger partial charge in [-0.15, -0.1) is 0 Å². The number of hydrazone groups is 1. The largest absolute Gasteiger partial charge is 0.329 e. The normalized spacial score (nSPS) is 10.3. The van der Waals surface area contributed by atoms with Crippen LogP contribution in [-0.4, -0.2) is 23.0 Å². The van der Waals surface area contributed by atoms with Crippen LogP contribution in [0, 0.1) is 10.1 Å². The Morgan fingerprint density at radius 3 is 2.26 bits per heavy atom. The van der Waals surface area contributed by atoms with Crippen molar-refractivity contribution in [3.05, 3.63) is 70.3 Å². The van der Waals surface area contributed by atoms with Gasteiger partial charge in [0.2, 0.25) is 0 Å². The van der Waals surface area contributed by atoms with Crippen molar-refractivity contribution >= 4 is 29.4 Å². The molecule has 0 heterocycles. The number of para-hydroxylation sites is 1. The summed E-state index contributed by atoms with van der Waals surface area (Å²) in [6, 6.07) is 14.1.